The Morgan fingerprint density at radius 3 is 2.25 bits per heavy atom. The van der Waals surface area contributed by atoms with Crippen LogP contribution in [-0.4, -0.2) is 39.7 Å². The van der Waals surface area contributed by atoms with E-state index in [9.17, 15) is 13.2 Å². The maximum atomic E-state index is 12.2. The number of ketones is 1. The van der Waals surface area contributed by atoms with Crippen molar-refractivity contribution < 1.29 is 17.6 Å². The van der Waals surface area contributed by atoms with Gasteiger partial charge in [-0.15, -0.1) is 0 Å². The Hall–Kier alpha value is -1.05. The zero-order chi connectivity index (χ0) is 18.7. The number of carbonyl (C=O) groups excluding carboxylic acids is 1. The first kappa shape index (κ1) is 21.0. The fourth-order valence-corrected chi connectivity index (χ4v) is 3.86. The summed E-state index contributed by atoms with van der Waals surface area (Å²) in [6.07, 6.45) is 2.69. The monoisotopic (exact) mass is 371 g/mol. The third kappa shape index (κ3) is 6.11. The van der Waals surface area contributed by atoms with E-state index in [4.69, 9.17) is 4.43 Å². The minimum Gasteiger partial charge on any atom is -0.413 e. The second-order valence-electron chi connectivity index (χ2n) is 7.68. The zero-order valence-corrected chi connectivity index (χ0v) is 17.6. The summed E-state index contributed by atoms with van der Waals surface area (Å²) in [4.78, 5) is 16.5. The summed E-state index contributed by atoms with van der Waals surface area (Å²) >= 11 is 0. The van der Waals surface area contributed by atoms with E-state index in [1.54, 1.807) is 19.2 Å². The van der Waals surface area contributed by atoms with Crippen molar-refractivity contribution in [3.63, 3.8) is 0 Å². The molecule has 0 spiro atoms. The van der Waals surface area contributed by atoms with Gasteiger partial charge in [-0.2, -0.15) is 0 Å². The minimum atomic E-state index is -3.22. The molecule has 1 rings (SSSR count). The highest BCUT2D eigenvalue weighted by Crippen LogP contribution is 2.36. The Kier molecular flexibility index (Phi) is 6.90. The lowest BCUT2D eigenvalue weighted by Crippen LogP contribution is -2.26. The van der Waals surface area contributed by atoms with E-state index in [0.717, 1.165) is 11.8 Å². The van der Waals surface area contributed by atoms with E-state index in [0.29, 0.717) is 5.69 Å². The summed E-state index contributed by atoms with van der Waals surface area (Å²) in [5, 5.41) is -0.705. The van der Waals surface area contributed by atoms with Gasteiger partial charge in [0.25, 0.3) is 0 Å². The first-order valence-corrected chi connectivity index (χ1v) is 12.9. The van der Waals surface area contributed by atoms with Crippen molar-refractivity contribution in [1.82, 2.24) is 4.98 Å². The number of Topliss-reactive ketones (excluding diaryl/α,β-unsaturated/α-hetero) is 1. The van der Waals surface area contributed by atoms with Crippen molar-refractivity contribution in [2.24, 2.45) is 5.41 Å². The van der Waals surface area contributed by atoms with Crippen molar-refractivity contribution >= 4 is 24.7 Å². The van der Waals surface area contributed by atoms with Crippen molar-refractivity contribution in [3.8, 4) is 0 Å². The molecule has 136 valence electrons. The highest BCUT2D eigenvalue weighted by molar-refractivity contribution is 7.91. The van der Waals surface area contributed by atoms with Gasteiger partial charge < -0.3 is 4.43 Å². The van der Waals surface area contributed by atoms with Gasteiger partial charge in [-0.05, 0) is 37.1 Å². The van der Waals surface area contributed by atoms with Crippen molar-refractivity contribution in [1.29, 1.82) is 0 Å². The lowest BCUT2D eigenvalue weighted by Gasteiger charge is -2.32. The lowest BCUT2D eigenvalue weighted by atomic mass is 9.85. The van der Waals surface area contributed by atoms with Crippen LogP contribution in [0.25, 0.3) is 0 Å². The molecule has 0 amide bonds. The summed E-state index contributed by atoms with van der Waals surface area (Å²) in [5.41, 5.74) is 1.16. The van der Waals surface area contributed by atoms with Gasteiger partial charge >= 0.3 is 0 Å². The van der Waals surface area contributed by atoms with Crippen LogP contribution in [0.15, 0.2) is 18.3 Å². The fourth-order valence-electron chi connectivity index (χ4n) is 2.30. The van der Waals surface area contributed by atoms with E-state index >= 15 is 0 Å². The number of aromatic nitrogens is 1. The number of nitrogens with zero attached hydrogens (tertiary/aromatic N) is 1. The van der Waals surface area contributed by atoms with Gasteiger partial charge in [-0.25, -0.2) is 8.42 Å². The van der Waals surface area contributed by atoms with Gasteiger partial charge in [0, 0.05) is 18.9 Å². The topological polar surface area (TPSA) is 73.3 Å². The predicted molar refractivity (Wildman–Crippen MR) is 99.6 cm³/mol. The molecule has 0 aliphatic rings. The lowest BCUT2D eigenvalue weighted by molar-refractivity contribution is 0.0861. The van der Waals surface area contributed by atoms with Crippen LogP contribution in [0.5, 0.6) is 0 Å². The number of pyridine rings is 1. The molecule has 0 bridgehead atoms. The van der Waals surface area contributed by atoms with Gasteiger partial charge in [0.05, 0.1) is 11.4 Å². The Labute approximate surface area is 147 Å². The molecule has 1 heterocycles. The third-order valence-electron chi connectivity index (χ3n) is 3.77. The van der Waals surface area contributed by atoms with E-state index in [1.165, 1.54) is 0 Å². The summed E-state index contributed by atoms with van der Waals surface area (Å²) in [6, 6.07) is 3.52. The van der Waals surface area contributed by atoms with E-state index < -0.39 is 24.1 Å². The number of sulfone groups is 1. The second-order valence-corrected chi connectivity index (χ2v) is 12.5. The second kappa shape index (κ2) is 7.88. The largest absolute Gasteiger partial charge is 0.413 e. The van der Waals surface area contributed by atoms with Crippen LogP contribution in [0.4, 0.5) is 0 Å². The number of hydrogen-bond donors (Lipinski definition) is 0. The Morgan fingerprint density at radius 1 is 1.29 bits per heavy atom. The highest BCUT2D eigenvalue weighted by Gasteiger charge is 2.28. The van der Waals surface area contributed by atoms with E-state index in [1.807, 2.05) is 6.07 Å². The predicted octanol–water partition coefficient (Wildman–Crippen LogP) is 3.17. The number of rotatable bonds is 7. The molecule has 2 atom stereocenters. The van der Waals surface area contributed by atoms with Gasteiger partial charge in [0.1, 0.15) is 15.5 Å². The molecule has 0 fully saturated rings. The Bertz CT molecular complexity index is 663. The van der Waals surface area contributed by atoms with Crippen molar-refractivity contribution in [3.05, 3.63) is 29.6 Å². The molecule has 0 N–H and O–H groups in total. The summed E-state index contributed by atoms with van der Waals surface area (Å²) in [5.74, 6) is -0.258. The molecule has 0 saturated carbocycles. The molecule has 0 aliphatic heterocycles. The molecule has 0 radical (unpaired) electrons. The van der Waals surface area contributed by atoms with Crippen LogP contribution in [0, 0.1) is 5.41 Å². The van der Waals surface area contributed by atoms with Gasteiger partial charge in [-0.1, -0.05) is 26.8 Å². The minimum absolute atomic E-state index is 0.0523. The molecule has 5 nitrogen and oxygen atoms in total. The van der Waals surface area contributed by atoms with Crippen LogP contribution in [0.1, 0.15) is 56.3 Å². The maximum absolute atomic E-state index is 12.2. The van der Waals surface area contributed by atoms with Crippen LogP contribution in [0.2, 0.25) is 13.1 Å². The SMILES string of the molecule is CC(CC(=O)c1ccc(C(O[SiH](C)C)C(C)(C)C)cn1)S(C)(=O)=O. The van der Waals surface area contributed by atoms with Crippen molar-refractivity contribution in [2.45, 2.75) is 58.6 Å². The van der Waals surface area contributed by atoms with Crippen molar-refractivity contribution in [2.75, 3.05) is 6.26 Å². The zero-order valence-electron chi connectivity index (χ0n) is 15.7. The van der Waals surface area contributed by atoms with Crippen LogP contribution < -0.4 is 0 Å². The van der Waals surface area contributed by atoms with E-state index in [-0.39, 0.29) is 23.7 Å². The van der Waals surface area contributed by atoms with Gasteiger partial charge in [0.2, 0.25) is 0 Å². The highest BCUT2D eigenvalue weighted by atomic mass is 32.2. The smallest absolute Gasteiger partial charge is 0.182 e. The average molecular weight is 372 g/mol. The van der Waals surface area contributed by atoms with Gasteiger partial charge in [0.15, 0.2) is 14.8 Å². The third-order valence-corrected chi connectivity index (χ3v) is 6.22. The van der Waals surface area contributed by atoms with Crippen LogP contribution >= 0.6 is 0 Å². The molecule has 1 aromatic heterocycles. The normalized spacial score (nSPS) is 15.3. The molecule has 7 heteroatoms. The number of carbonyl (C=O) groups is 1. The summed E-state index contributed by atoms with van der Waals surface area (Å²) in [7, 11) is -4.45. The summed E-state index contributed by atoms with van der Waals surface area (Å²) in [6.45, 7) is 12.1. The maximum Gasteiger partial charge on any atom is 0.182 e. The molecule has 2 unspecified atom stereocenters. The standard InChI is InChI=1S/C17H29NO4SSi/c1-12(23(5,20)21)10-15(19)14-9-8-13(11-18-14)16(17(2,3)4)22-24(6)7/h8-9,11-12,16,24H,10H2,1-7H3. The molecule has 0 aromatic carbocycles. The van der Waals surface area contributed by atoms with Crippen LogP contribution in [-0.2, 0) is 14.3 Å². The molecule has 0 aliphatic carbocycles. The molecule has 0 saturated heterocycles. The first-order chi connectivity index (χ1) is 10.8. The van der Waals surface area contributed by atoms with Crippen LogP contribution in [0.3, 0.4) is 0 Å². The molecular formula is C17H29NO4SSi. The first-order valence-electron chi connectivity index (χ1n) is 8.16. The Balaban J connectivity index is 2.97. The summed E-state index contributed by atoms with van der Waals surface area (Å²) < 4.78 is 29.1. The molecular weight excluding hydrogens is 342 g/mol. The fraction of sp³-hybridized carbons (Fsp3) is 0.647. The number of hydrogen-bond acceptors (Lipinski definition) is 5. The van der Waals surface area contributed by atoms with Gasteiger partial charge in [-0.3, -0.25) is 9.78 Å². The quantitative estimate of drug-likeness (QED) is 0.544. The Morgan fingerprint density at radius 2 is 1.88 bits per heavy atom. The average Bonchev–Trinajstić information content (AvgIpc) is 2.42. The molecule has 24 heavy (non-hydrogen) atoms. The molecule has 1 aromatic rings. The van der Waals surface area contributed by atoms with E-state index in [2.05, 4.69) is 38.8 Å².